The highest BCUT2D eigenvalue weighted by Crippen LogP contribution is 2.25. The molecule has 0 unspecified atom stereocenters. The molecule has 2 rings (SSSR count). The molecule has 2 aromatic rings. The Bertz CT molecular complexity index is 552. The van der Waals surface area contributed by atoms with Crippen LogP contribution < -0.4 is 10.2 Å². The van der Waals surface area contributed by atoms with E-state index in [9.17, 15) is 0 Å². The number of hydrogen-bond acceptors (Lipinski definition) is 3. The topological polar surface area (TPSA) is 28.2 Å². The Morgan fingerprint density at radius 2 is 1.90 bits per heavy atom. The van der Waals surface area contributed by atoms with Gasteiger partial charge in [0, 0.05) is 24.5 Å². The number of hydrogen-bond donors (Lipinski definition) is 1. The Hall–Kier alpha value is -1.87. The second-order valence-corrected chi connectivity index (χ2v) is 5.35. The van der Waals surface area contributed by atoms with Crippen LogP contribution in [-0.4, -0.2) is 18.6 Å². The van der Waals surface area contributed by atoms with Crippen LogP contribution >= 0.6 is 0 Å². The number of aryl methyl sites for hydroxylation is 1. The van der Waals surface area contributed by atoms with Crippen molar-refractivity contribution in [2.24, 2.45) is 0 Å². The fraction of sp³-hybridized carbons (Fsp3) is 0.389. The molecule has 3 nitrogen and oxygen atoms in total. The fourth-order valence-electron chi connectivity index (χ4n) is 2.47. The van der Waals surface area contributed by atoms with Crippen LogP contribution in [0.3, 0.4) is 0 Å². The Morgan fingerprint density at radius 1 is 1.14 bits per heavy atom. The smallest absolute Gasteiger partial charge is 0.133 e. The van der Waals surface area contributed by atoms with Crippen LogP contribution in [0.4, 0.5) is 11.5 Å². The van der Waals surface area contributed by atoms with E-state index in [1.807, 2.05) is 7.05 Å². The summed E-state index contributed by atoms with van der Waals surface area (Å²) in [6, 6.07) is 14.8. The molecule has 1 N–H and O–H groups in total. The van der Waals surface area contributed by atoms with Crippen LogP contribution in [-0.2, 0) is 6.54 Å². The number of para-hydroxylation sites is 1. The Balaban J connectivity index is 2.36. The Morgan fingerprint density at radius 3 is 2.57 bits per heavy atom. The maximum atomic E-state index is 4.74. The minimum absolute atomic E-state index is 0.868. The number of pyridine rings is 1. The summed E-state index contributed by atoms with van der Waals surface area (Å²) in [5.74, 6) is 1.04. The molecule has 112 valence electrons. The summed E-state index contributed by atoms with van der Waals surface area (Å²) < 4.78 is 0. The van der Waals surface area contributed by atoms with Gasteiger partial charge in [-0.3, -0.25) is 0 Å². The van der Waals surface area contributed by atoms with Crippen LogP contribution in [0.15, 0.2) is 42.5 Å². The van der Waals surface area contributed by atoms with Gasteiger partial charge in [-0.25, -0.2) is 4.98 Å². The Labute approximate surface area is 128 Å². The van der Waals surface area contributed by atoms with E-state index in [1.54, 1.807) is 0 Å². The van der Waals surface area contributed by atoms with E-state index in [2.05, 4.69) is 66.5 Å². The maximum absolute atomic E-state index is 4.74. The highest BCUT2D eigenvalue weighted by molar-refractivity contribution is 5.60. The van der Waals surface area contributed by atoms with E-state index >= 15 is 0 Å². The van der Waals surface area contributed by atoms with E-state index in [1.165, 1.54) is 17.7 Å². The van der Waals surface area contributed by atoms with Crippen molar-refractivity contribution in [2.45, 2.75) is 33.2 Å². The van der Waals surface area contributed by atoms with E-state index in [0.717, 1.165) is 31.0 Å². The summed E-state index contributed by atoms with van der Waals surface area (Å²) in [4.78, 5) is 7.06. The first-order chi connectivity index (χ1) is 10.2. The van der Waals surface area contributed by atoms with Crippen molar-refractivity contribution < 1.29 is 0 Å². The molecule has 0 aliphatic carbocycles. The van der Waals surface area contributed by atoms with Gasteiger partial charge in [0.15, 0.2) is 0 Å². The van der Waals surface area contributed by atoms with Gasteiger partial charge in [-0.05, 0) is 50.2 Å². The molecule has 0 aliphatic heterocycles. The van der Waals surface area contributed by atoms with Gasteiger partial charge in [-0.2, -0.15) is 0 Å². The van der Waals surface area contributed by atoms with Gasteiger partial charge in [0.2, 0.25) is 0 Å². The summed E-state index contributed by atoms with van der Waals surface area (Å²) in [7, 11) is 1.97. The summed E-state index contributed by atoms with van der Waals surface area (Å²) in [5.41, 5.74) is 3.55. The molecule has 0 bridgehead atoms. The molecule has 3 heteroatoms. The summed E-state index contributed by atoms with van der Waals surface area (Å²) >= 11 is 0. The molecule has 0 saturated carbocycles. The van der Waals surface area contributed by atoms with Crippen LogP contribution in [0.5, 0.6) is 0 Å². The summed E-state index contributed by atoms with van der Waals surface area (Å²) in [6.45, 7) is 6.15. The fourth-order valence-corrected chi connectivity index (χ4v) is 2.47. The molecular formula is C18H25N3. The highest BCUT2D eigenvalue weighted by Gasteiger charge is 2.11. The SMILES string of the molecule is CCCCN(c1ccccc1)c1cc(CNC)cc(C)n1. The summed E-state index contributed by atoms with van der Waals surface area (Å²) in [6.07, 6.45) is 2.34. The highest BCUT2D eigenvalue weighted by atomic mass is 15.2. The third-order valence-corrected chi connectivity index (χ3v) is 3.46. The third-order valence-electron chi connectivity index (χ3n) is 3.46. The zero-order valence-electron chi connectivity index (χ0n) is 13.3. The lowest BCUT2D eigenvalue weighted by Crippen LogP contribution is -2.20. The Kier molecular flexibility index (Phi) is 5.76. The summed E-state index contributed by atoms with van der Waals surface area (Å²) in [5, 5.41) is 3.21. The quantitative estimate of drug-likeness (QED) is 0.831. The molecule has 0 spiro atoms. The third kappa shape index (κ3) is 4.30. The first-order valence-electron chi connectivity index (χ1n) is 7.69. The molecule has 0 atom stereocenters. The largest absolute Gasteiger partial charge is 0.326 e. The van der Waals surface area contributed by atoms with E-state index < -0.39 is 0 Å². The van der Waals surface area contributed by atoms with Gasteiger partial charge >= 0.3 is 0 Å². The molecule has 0 saturated heterocycles. The van der Waals surface area contributed by atoms with E-state index in [-0.39, 0.29) is 0 Å². The number of nitrogens with one attached hydrogen (secondary N) is 1. The van der Waals surface area contributed by atoms with E-state index in [4.69, 9.17) is 4.98 Å². The van der Waals surface area contributed by atoms with E-state index in [0.29, 0.717) is 0 Å². The number of unbranched alkanes of at least 4 members (excludes halogenated alkanes) is 1. The molecular weight excluding hydrogens is 258 g/mol. The van der Waals surface area contributed by atoms with Crippen LogP contribution in [0.2, 0.25) is 0 Å². The van der Waals surface area contributed by atoms with Crippen molar-refractivity contribution in [3.8, 4) is 0 Å². The first kappa shape index (κ1) is 15.5. The van der Waals surface area contributed by atoms with Gasteiger partial charge < -0.3 is 10.2 Å². The first-order valence-corrected chi connectivity index (χ1v) is 7.69. The minimum Gasteiger partial charge on any atom is -0.326 e. The van der Waals surface area contributed by atoms with Crippen molar-refractivity contribution in [3.05, 3.63) is 53.7 Å². The van der Waals surface area contributed by atoms with Crippen LogP contribution in [0, 0.1) is 6.92 Å². The lowest BCUT2D eigenvalue weighted by Gasteiger charge is -2.24. The molecule has 0 aliphatic rings. The maximum Gasteiger partial charge on any atom is 0.133 e. The number of aromatic nitrogens is 1. The molecule has 1 aromatic heterocycles. The van der Waals surface area contributed by atoms with Crippen LogP contribution in [0.1, 0.15) is 31.0 Å². The van der Waals surface area contributed by atoms with Crippen LogP contribution in [0.25, 0.3) is 0 Å². The second kappa shape index (κ2) is 7.79. The van der Waals surface area contributed by atoms with Crippen molar-refractivity contribution in [3.63, 3.8) is 0 Å². The van der Waals surface area contributed by atoms with Crippen molar-refractivity contribution in [2.75, 3.05) is 18.5 Å². The van der Waals surface area contributed by atoms with Gasteiger partial charge in [0.05, 0.1) is 0 Å². The average Bonchev–Trinajstić information content (AvgIpc) is 2.48. The van der Waals surface area contributed by atoms with Crippen molar-refractivity contribution >= 4 is 11.5 Å². The lowest BCUT2D eigenvalue weighted by molar-refractivity contribution is 0.774. The molecule has 0 radical (unpaired) electrons. The predicted molar refractivity (Wildman–Crippen MR) is 90.1 cm³/mol. The normalized spacial score (nSPS) is 10.6. The molecule has 0 amide bonds. The second-order valence-electron chi connectivity index (χ2n) is 5.35. The molecule has 1 heterocycles. The number of benzene rings is 1. The predicted octanol–water partition coefficient (Wildman–Crippen LogP) is 4.05. The number of nitrogens with zero attached hydrogens (tertiary/aromatic N) is 2. The van der Waals surface area contributed by atoms with Gasteiger partial charge in [0.1, 0.15) is 5.82 Å². The zero-order valence-corrected chi connectivity index (χ0v) is 13.3. The number of anilines is 2. The monoisotopic (exact) mass is 283 g/mol. The molecule has 0 fully saturated rings. The van der Waals surface area contributed by atoms with Crippen molar-refractivity contribution in [1.29, 1.82) is 0 Å². The lowest BCUT2D eigenvalue weighted by atomic mass is 10.2. The standard InChI is InChI=1S/C18H25N3/c1-4-5-11-21(17-9-7-6-8-10-17)18-13-16(14-19-3)12-15(2)20-18/h6-10,12-13,19H,4-5,11,14H2,1-3H3. The minimum atomic E-state index is 0.868. The van der Waals surface area contributed by atoms with Gasteiger partial charge in [-0.1, -0.05) is 31.5 Å². The molecule has 21 heavy (non-hydrogen) atoms. The average molecular weight is 283 g/mol. The zero-order chi connectivity index (χ0) is 15.1. The van der Waals surface area contributed by atoms with Gasteiger partial charge in [0.25, 0.3) is 0 Å². The molecule has 1 aromatic carbocycles. The van der Waals surface area contributed by atoms with Gasteiger partial charge in [-0.15, -0.1) is 0 Å². The van der Waals surface area contributed by atoms with Crippen molar-refractivity contribution in [1.82, 2.24) is 10.3 Å². The number of rotatable bonds is 7.